The van der Waals surface area contributed by atoms with Gasteiger partial charge in [0.15, 0.2) is 0 Å². The zero-order valence-electron chi connectivity index (χ0n) is 14.3. The number of pyridine rings is 1. The number of carboxylic acid groups (broad SMARTS) is 1. The summed E-state index contributed by atoms with van der Waals surface area (Å²) in [5.74, 6) is 0.265. The molecule has 1 aliphatic heterocycles. The Hall–Kier alpha value is -2.60. The minimum absolute atomic E-state index is 0.171. The Morgan fingerprint density at radius 2 is 2.00 bits per heavy atom. The molecule has 132 valence electrons. The third-order valence-corrected chi connectivity index (χ3v) is 4.39. The van der Waals surface area contributed by atoms with Crippen molar-refractivity contribution in [3.63, 3.8) is 0 Å². The second kappa shape index (κ2) is 7.98. The molecule has 25 heavy (non-hydrogen) atoms. The van der Waals surface area contributed by atoms with Gasteiger partial charge in [-0.2, -0.15) is 0 Å². The van der Waals surface area contributed by atoms with E-state index in [2.05, 4.69) is 22.2 Å². The van der Waals surface area contributed by atoms with Gasteiger partial charge in [0.2, 0.25) is 0 Å². The number of benzene rings is 1. The molecule has 2 heterocycles. The smallest absolute Gasteiger partial charge is 0.339 e. The summed E-state index contributed by atoms with van der Waals surface area (Å²) in [7, 11) is 2.13. The Bertz CT molecular complexity index is 710. The number of carbonyl (C=O) groups is 1. The van der Waals surface area contributed by atoms with E-state index in [1.165, 1.54) is 6.07 Å². The van der Waals surface area contributed by atoms with Crippen LogP contribution < -0.4 is 10.1 Å². The number of likely N-dealkylation sites (tertiary alicyclic amines) is 1. The summed E-state index contributed by atoms with van der Waals surface area (Å²) in [4.78, 5) is 17.6. The molecule has 0 radical (unpaired) electrons. The van der Waals surface area contributed by atoms with Gasteiger partial charge in [0, 0.05) is 25.8 Å². The zero-order chi connectivity index (χ0) is 17.6. The Morgan fingerprint density at radius 3 is 2.68 bits per heavy atom. The fourth-order valence-corrected chi connectivity index (χ4v) is 2.89. The predicted molar refractivity (Wildman–Crippen MR) is 96.1 cm³/mol. The van der Waals surface area contributed by atoms with E-state index in [1.807, 2.05) is 24.3 Å². The Labute approximate surface area is 147 Å². The maximum absolute atomic E-state index is 11.2. The third-order valence-electron chi connectivity index (χ3n) is 4.39. The highest BCUT2D eigenvalue weighted by Gasteiger charge is 2.17. The van der Waals surface area contributed by atoms with Gasteiger partial charge in [-0.25, -0.2) is 9.78 Å². The van der Waals surface area contributed by atoms with Crippen molar-refractivity contribution in [2.75, 3.05) is 25.5 Å². The molecule has 0 atom stereocenters. The number of piperidine rings is 1. The summed E-state index contributed by atoms with van der Waals surface area (Å²) < 4.78 is 6.03. The summed E-state index contributed by atoms with van der Waals surface area (Å²) in [5, 5.41) is 12.3. The van der Waals surface area contributed by atoms with Gasteiger partial charge in [-0.1, -0.05) is 12.1 Å². The fraction of sp³-hybridized carbons (Fsp3) is 0.368. The topological polar surface area (TPSA) is 74.7 Å². The largest absolute Gasteiger partial charge is 0.490 e. The van der Waals surface area contributed by atoms with E-state index in [1.54, 1.807) is 12.3 Å². The van der Waals surface area contributed by atoms with Gasteiger partial charge in [-0.3, -0.25) is 0 Å². The van der Waals surface area contributed by atoms with Crippen LogP contribution >= 0.6 is 0 Å². The lowest BCUT2D eigenvalue weighted by atomic mass is 10.1. The van der Waals surface area contributed by atoms with Crippen LogP contribution in [0.2, 0.25) is 0 Å². The zero-order valence-corrected chi connectivity index (χ0v) is 14.3. The number of aromatic carboxylic acids is 1. The number of nitrogens with zero attached hydrogens (tertiary/aromatic N) is 2. The molecular formula is C19H23N3O3. The van der Waals surface area contributed by atoms with E-state index in [4.69, 9.17) is 4.74 Å². The molecular weight excluding hydrogens is 318 g/mol. The number of nitrogens with one attached hydrogen (secondary N) is 1. The summed E-state index contributed by atoms with van der Waals surface area (Å²) in [6.45, 7) is 2.65. The molecule has 1 saturated heterocycles. The van der Waals surface area contributed by atoms with Crippen molar-refractivity contribution in [2.24, 2.45) is 0 Å². The number of ether oxygens (including phenoxy) is 1. The summed E-state index contributed by atoms with van der Waals surface area (Å²) in [6, 6.07) is 11.1. The highest BCUT2D eigenvalue weighted by atomic mass is 16.5. The molecule has 0 aliphatic carbocycles. The molecule has 0 amide bonds. The van der Waals surface area contributed by atoms with Gasteiger partial charge >= 0.3 is 5.97 Å². The first-order chi connectivity index (χ1) is 12.1. The third kappa shape index (κ3) is 4.70. The van der Waals surface area contributed by atoms with Crippen molar-refractivity contribution in [2.45, 2.75) is 25.5 Å². The van der Waals surface area contributed by atoms with Crippen molar-refractivity contribution in [1.29, 1.82) is 0 Å². The van der Waals surface area contributed by atoms with Gasteiger partial charge in [0.1, 0.15) is 23.2 Å². The van der Waals surface area contributed by atoms with E-state index in [9.17, 15) is 9.90 Å². The lowest BCUT2D eigenvalue weighted by Crippen LogP contribution is -2.35. The van der Waals surface area contributed by atoms with E-state index in [0.717, 1.165) is 37.2 Å². The SMILES string of the molecule is CN1CCC(Oc2ccc(CNc3ncccc3C(=O)O)cc2)CC1. The molecule has 3 rings (SSSR count). The van der Waals surface area contributed by atoms with Crippen LogP contribution in [0, 0.1) is 0 Å². The molecule has 2 aromatic rings. The molecule has 1 fully saturated rings. The Balaban J connectivity index is 1.55. The quantitative estimate of drug-likeness (QED) is 0.841. The molecule has 0 unspecified atom stereocenters. The van der Waals surface area contributed by atoms with Crippen molar-refractivity contribution in [3.8, 4) is 5.75 Å². The van der Waals surface area contributed by atoms with Crippen LogP contribution in [0.25, 0.3) is 0 Å². The van der Waals surface area contributed by atoms with Crippen molar-refractivity contribution in [1.82, 2.24) is 9.88 Å². The molecule has 6 heteroatoms. The van der Waals surface area contributed by atoms with E-state index >= 15 is 0 Å². The number of carboxylic acids is 1. The second-order valence-corrected chi connectivity index (χ2v) is 6.32. The lowest BCUT2D eigenvalue weighted by Gasteiger charge is -2.29. The maximum atomic E-state index is 11.2. The predicted octanol–water partition coefficient (Wildman–Crippen LogP) is 2.86. The first-order valence-electron chi connectivity index (χ1n) is 8.48. The average Bonchev–Trinajstić information content (AvgIpc) is 2.63. The number of hydrogen-bond donors (Lipinski definition) is 2. The van der Waals surface area contributed by atoms with Gasteiger partial charge in [-0.05, 0) is 49.7 Å². The highest BCUT2D eigenvalue weighted by molar-refractivity contribution is 5.92. The molecule has 6 nitrogen and oxygen atoms in total. The Morgan fingerprint density at radius 1 is 1.28 bits per heavy atom. The molecule has 0 spiro atoms. The van der Waals surface area contributed by atoms with Gasteiger partial charge in [0.25, 0.3) is 0 Å². The minimum atomic E-state index is -0.988. The molecule has 1 aromatic carbocycles. The molecule has 0 saturated carbocycles. The maximum Gasteiger partial charge on any atom is 0.339 e. The summed E-state index contributed by atoms with van der Waals surface area (Å²) in [5.41, 5.74) is 1.21. The fourth-order valence-electron chi connectivity index (χ4n) is 2.89. The number of anilines is 1. The number of rotatable bonds is 6. The summed E-state index contributed by atoms with van der Waals surface area (Å²) >= 11 is 0. The van der Waals surface area contributed by atoms with Crippen LogP contribution in [0.15, 0.2) is 42.6 Å². The summed E-state index contributed by atoms with van der Waals surface area (Å²) in [6.07, 6.45) is 3.97. The number of aromatic nitrogens is 1. The standard InChI is InChI=1S/C19H23N3O3/c1-22-11-8-16(9-12-22)25-15-6-4-14(5-7-15)13-21-18-17(19(23)24)3-2-10-20-18/h2-7,10,16H,8-9,11-13H2,1H3,(H,20,21)(H,23,24). The highest BCUT2D eigenvalue weighted by Crippen LogP contribution is 2.20. The monoisotopic (exact) mass is 341 g/mol. The van der Waals surface area contributed by atoms with Crippen LogP contribution in [-0.2, 0) is 6.54 Å². The van der Waals surface area contributed by atoms with Crippen LogP contribution in [0.1, 0.15) is 28.8 Å². The van der Waals surface area contributed by atoms with Crippen LogP contribution in [-0.4, -0.2) is 47.2 Å². The lowest BCUT2D eigenvalue weighted by molar-refractivity contribution is 0.0697. The normalized spacial score (nSPS) is 15.7. The Kier molecular flexibility index (Phi) is 5.50. The van der Waals surface area contributed by atoms with Crippen molar-refractivity contribution in [3.05, 3.63) is 53.7 Å². The van der Waals surface area contributed by atoms with Gasteiger partial charge < -0.3 is 20.1 Å². The van der Waals surface area contributed by atoms with Gasteiger partial charge in [-0.15, -0.1) is 0 Å². The first kappa shape index (κ1) is 17.2. The minimum Gasteiger partial charge on any atom is -0.490 e. The average molecular weight is 341 g/mol. The second-order valence-electron chi connectivity index (χ2n) is 6.32. The van der Waals surface area contributed by atoms with E-state index < -0.39 is 5.97 Å². The van der Waals surface area contributed by atoms with Crippen LogP contribution in [0.3, 0.4) is 0 Å². The molecule has 2 N–H and O–H groups in total. The van der Waals surface area contributed by atoms with Crippen molar-refractivity contribution >= 4 is 11.8 Å². The van der Waals surface area contributed by atoms with E-state index in [-0.39, 0.29) is 11.7 Å². The van der Waals surface area contributed by atoms with E-state index in [0.29, 0.717) is 12.4 Å². The number of hydrogen-bond acceptors (Lipinski definition) is 5. The van der Waals surface area contributed by atoms with Gasteiger partial charge in [0.05, 0.1) is 0 Å². The van der Waals surface area contributed by atoms with Crippen LogP contribution in [0.5, 0.6) is 5.75 Å². The van der Waals surface area contributed by atoms with Crippen LogP contribution in [0.4, 0.5) is 5.82 Å². The molecule has 1 aliphatic rings. The van der Waals surface area contributed by atoms with Crippen molar-refractivity contribution < 1.29 is 14.6 Å². The molecule has 1 aromatic heterocycles. The molecule has 0 bridgehead atoms. The first-order valence-corrected chi connectivity index (χ1v) is 8.48.